The van der Waals surface area contributed by atoms with E-state index < -0.39 is 11.8 Å². The summed E-state index contributed by atoms with van der Waals surface area (Å²) in [5, 5.41) is 85.0. The highest BCUT2D eigenvalue weighted by Gasteiger charge is 2.36. The highest BCUT2D eigenvalue weighted by molar-refractivity contribution is 7.16. The molecule has 0 saturated carbocycles. The third-order valence-corrected chi connectivity index (χ3v) is 20.4. The number of rotatable bonds is 20. The van der Waals surface area contributed by atoms with Crippen LogP contribution in [-0.4, -0.2) is 148 Å². The molecule has 9 heterocycles. The number of nitrogens with one attached hydrogen (secondary N) is 2. The number of carbonyl (C=O) groups is 3. The van der Waals surface area contributed by atoms with Crippen molar-refractivity contribution in [3.63, 3.8) is 0 Å². The molecule has 0 atom stereocenters. The number of fused-ring (bicyclic) bond motifs is 3. The zero-order valence-electron chi connectivity index (χ0n) is 54.1. The van der Waals surface area contributed by atoms with Crippen LogP contribution in [0.25, 0.3) is 66.1 Å². The SMILES string of the molecule is CCNC(=O)c1noc(-c2cc(C(C)C)c(O)cc2O)c1-c1ccc2c(n1)CCN(CCCNC(=O)c1noc(-c3cc(C(C)C)c(O)cc3O)c1-c1cc3c(s1)CCN(CN(CC)C(=O)c1noc(-c4cc(C(C)C)c(O)cc4O)c1-c1cc4c(s1)CCN(C)C4)C3)C2. The first-order valence-electron chi connectivity index (χ1n) is 32.0. The van der Waals surface area contributed by atoms with Crippen molar-refractivity contribution in [1.29, 1.82) is 0 Å². The lowest BCUT2D eigenvalue weighted by molar-refractivity contribution is 0.0607. The molecule has 94 heavy (non-hydrogen) atoms. The molecule has 6 aromatic heterocycles. The minimum Gasteiger partial charge on any atom is -0.508 e. The van der Waals surface area contributed by atoms with Crippen molar-refractivity contribution in [3.8, 4) is 101 Å². The zero-order valence-corrected chi connectivity index (χ0v) is 55.8. The number of likely N-dealkylation sites (N-methyl/N-ethyl adjacent to an activating group) is 1. The number of carbonyl (C=O) groups excluding carboxylic acids is 3. The topological polar surface area (TPSA) is 301 Å². The van der Waals surface area contributed by atoms with Gasteiger partial charge in [0.25, 0.3) is 17.7 Å². The lowest BCUT2D eigenvalue weighted by Crippen LogP contribution is -2.43. The van der Waals surface area contributed by atoms with Crippen molar-refractivity contribution in [3.05, 3.63) is 127 Å². The third kappa shape index (κ3) is 12.6. The Hall–Kier alpha value is -9.07. The Morgan fingerprint density at radius 3 is 1.59 bits per heavy atom. The predicted octanol–water partition coefficient (Wildman–Crippen LogP) is 12.2. The maximum absolute atomic E-state index is 15.0. The minimum atomic E-state index is -0.467. The molecule has 492 valence electrons. The highest BCUT2D eigenvalue weighted by atomic mass is 32.1. The maximum atomic E-state index is 15.0. The van der Waals surface area contributed by atoms with Crippen molar-refractivity contribution in [2.45, 2.75) is 118 Å². The average molecular weight is 1320 g/mol. The molecule has 0 saturated heterocycles. The van der Waals surface area contributed by atoms with Crippen LogP contribution in [0.15, 0.2) is 74.2 Å². The molecular formula is C70H78N10O12S2. The molecular weight excluding hydrogens is 1240 g/mol. The van der Waals surface area contributed by atoms with Crippen molar-refractivity contribution >= 4 is 40.4 Å². The fourth-order valence-electron chi connectivity index (χ4n) is 12.9. The second-order valence-corrected chi connectivity index (χ2v) is 27.7. The number of aromatic hydroxyl groups is 6. The van der Waals surface area contributed by atoms with Crippen LogP contribution in [0.2, 0.25) is 0 Å². The quantitative estimate of drug-likeness (QED) is 0.0329. The van der Waals surface area contributed by atoms with Crippen LogP contribution in [0.5, 0.6) is 34.5 Å². The number of aromatic nitrogens is 4. The highest BCUT2D eigenvalue weighted by Crippen LogP contribution is 2.49. The summed E-state index contributed by atoms with van der Waals surface area (Å²) in [6, 6.07) is 16.8. The van der Waals surface area contributed by atoms with E-state index in [1.165, 1.54) is 34.4 Å². The Kier molecular flexibility index (Phi) is 18.5. The van der Waals surface area contributed by atoms with Crippen molar-refractivity contribution < 1.29 is 58.6 Å². The van der Waals surface area contributed by atoms with Gasteiger partial charge in [0.2, 0.25) is 0 Å². The van der Waals surface area contributed by atoms with Gasteiger partial charge in [-0.25, -0.2) is 0 Å². The Bertz CT molecular complexity index is 4380. The molecule has 0 spiro atoms. The largest absolute Gasteiger partial charge is 0.508 e. The van der Waals surface area contributed by atoms with Crippen LogP contribution in [0.4, 0.5) is 0 Å². The van der Waals surface area contributed by atoms with Crippen molar-refractivity contribution in [1.82, 2.24) is 50.7 Å². The summed E-state index contributed by atoms with van der Waals surface area (Å²) in [7, 11) is 2.08. The average Bonchev–Trinajstić information content (AvgIpc) is 1.60. The standard InChI is InChI=1S/C70H78N10O12S2/c1-10-71-68(87)62-59(65(90-74-62)44-25-41(35(3)4)49(81)28-52(44)84)48-14-13-38-32-78(21-15-47(38)73-48)19-12-18-72-69(88)63-60(66(91-75-63)45-26-42(36(5)6)50(82)29-53(45)85)57-24-40-33-79(22-17-56(40)94-57)34-80(11-2)70(89)64-61(58-23-39-31-77(9)20-16-55(39)93-58)67(92-76-64)46-27-43(37(7)8)51(83)30-54(46)86/h13-14,23-30,35-37,81-86H,10-12,15-22,31-34H2,1-9H3,(H,71,87)(H,72,88). The van der Waals surface area contributed by atoms with Gasteiger partial charge in [0, 0.05) is 115 Å². The molecule has 12 rings (SSSR count). The second kappa shape index (κ2) is 26.7. The van der Waals surface area contributed by atoms with Gasteiger partial charge in [0.05, 0.1) is 45.7 Å². The number of phenolic OH excluding ortho intramolecular Hbond substituents is 6. The monoisotopic (exact) mass is 1310 g/mol. The molecule has 3 amide bonds. The van der Waals surface area contributed by atoms with Crippen LogP contribution < -0.4 is 10.6 Å². The van der Waals surface area contributed by atoms with E-state index in [4.69, 9.17) is 18.6 Å². The molecule has 24 heteroatoms. The van der Waals surface area contributed by atoms with E-state index >= 15 is 4.79 Å². The van der Waals surface area contributed by atoms with Crippen LogP contribution in [-0.2, 0) is 38.9 Å². The third-order valence-electron chi connectivity index (χ3n) is 17.9. The van der Waals surface area contributed by atoms with Gasteiger partial charge >= 0.3 is 0 Å². The number of phenols is 6. The van der Waals surface area contributed by atoms with Gasteiger partial charge in [0.1, 0.15) is 34.5 Å². The molecule has 8 N–H and O–H groups in total. The summed E-state index contributed by atoms with van der Waals surface area (Å²) in [6.45, 7) is 21.2. The molecule has 3 aliphatic heterocycles. The molecule has 0 unspecified atom stereocenters. The molecule has 3 aromatic carbocycles. The second-order valence-electron chi connectivity index (χ2n) is 25.5. The summed E-state index contributed by atoms with van der Waals surface area (Å²) in [5.41, 5.74) is 8.48. The number of thiophene rings is 2. The van der Waals surface area contributed by atoms with E-state index in [-0.39, 0.29) is 110 Å². The normalized spacial score (nSPS) is 14.4. The Morgan fingerprint density at radius 1 is 0.564 bits per heavy atom. The smallest absolute Gasteiger partial charge is 0.277 e. The summed E-state index contributed by atoms with van der Waals surface area (Å²) in [5.74, 6) is -1.81. The Labute approximate surface area is 552 Å². The lowest BCUT2D eigenvalue weighted by Gasteiger charge is -2.32. The van der Waals surface area contributed by atoms with Crippen LogP contribution >= 0.6 is 22.7 Å². The Morgan fingerprint density at radius 2 is 1.04 bits per heavy atom. The van der Waals surface area contributed by atoms with Gasteiger partial charge in [0.15, 0.2) is 34.4 Å². The van der Waals surface area contributed by atoms with Gasteiger partial charge in [-0.2, -0.15) is 0 Å². The summed E-state index contributed by atoms with van der Waals surface area (Å²) in [6.07, 6.45) is 2.67. The first-order valence-corrected chi connectivity index (χ1v) is 33.6. The fourth-order valence-corrected chi connectivity index (χ4v) is 15.3. The fraction of sp³-hybridized carbons (Fsp3) is 0.386. The van der Waals surface area contributed by atoms with E-state index in [0.717, 1.165) is 51.6 Å². The van der Waals surface area contributed by atoms with Gasteiger partial charge in [-0.3, -0.25) is 29.2 Å². The van der Waals surface area contributed by atoms with Crippen molar-refractivity contribution in [2.75, 3.05) is 59.5 Å². The molecule has 22 nitrogen and oxygen atoms in total. The molecule has 9 aromatic rings. The summed E-state index contributed by atoms with van der Waals surface area (Å²) in [4.78, 5) is 60.2. The molecule has 3 aliphatic rings. The Balaban J connectivity index is 0.764. The molecule has 0 aliphatic carbocycles. The van der Waals surface area contributed by atoms with E-state index in [1.54, 1.807) is 41.4 Å². The van der Waals surface area contributed by atoms with E-state index in [1.807, 2.05) is 66.7 Å². The van der Waals surface area contributed by atoms with Gasteiger partial charge in [-0.15, -0.1) is 22.7 Å². The summed E-state index contributed by atoms with van der Waals surface area (Å²) < 4.78 is 18.0. The van der Waals surface area contributed by atoms with Crippen LogP contribution in [0.3, 0.4) is 0 Å². The van der Waals surface area contributed by atoms with Crippen molar-refractivity contribution in [2.24, 2.45) is 0 Å². The first-order chi connectivity index (χ1) is 45.1. The van der Waals surface area contributed by atoms with E-state index in [2.05, 4.69) is 53.9 Å². The number of pyridine rings is 1. The van der Waals surface area contributed by atoms with Crippen LogP contribution in [0.1, 0.15) is 160 Å². The van der Waals surface area contributed by atoms with E-state index in [9.17, 15) is 40.2 Å². The predicted molar refractivity (Wildman–Crippen MR) is 358 cm³/mol. The maximum Gasteiger partial charge on any atom is 0.277 e. The lowest BCUT2D eigenvalue weighted by atomic mass is 9.95. The zero-order chi connectivity index (χ0) is 66.5. The molecule has 0 radical (unpaired) electrons. The minimum absolute atomic E-state index is 0.0230. The van der Waals surface area contributed by atoms with E-state index in [0.29, 0.717) is 121 Å². The number of benzene rings is 3. The van der Waals surface area contributed by atoms with Gasteiger partial charge < -0.3 is 64.6 Å². The number of hydrogen-bond acceptors (Lipinski definition) is 21. The summed E-state index contributed by atoms with van der Waals surface area (Å²) >= 11 is 3.11. The molecule has 0 fully saturated rings. The molecule has 0 bridgehead atoms. The van der Waals surface area contributed by atoms with Crippen LogP contribution in [0, 0.1) is 0 Å². The number of nitrogens with zero attached hydrogens (tertiary/aromatic N) is 8. The number of amides is 3. The number of hydrogen-bond donors (Lipinski definition) is 8. The first kappa shape index (κ1) is 65.0. The van der Waals surface area contributed by atoms with Gasteiger partial charge in [-0.05, 0) is 128 Å². The van der Waals surface area contributed by atoms with Gasteiger partial charge in [-0.1, -0.05) is 63.1 Å².